The second-order valence-electron chi connectivity index (χ2n) is 6.20. The molecule has 1 atom stereocenters. The van der Waals surface area contributed by atoms with Crippen LogP contribution in [0.4, 0.5) is 0 Å². The highest BCUT2D eigenvalue weighted by Gasteiger charge is 2.26. The van der Waals surface area contributed by atoms with Crippen molar-refractivity contribution in [2.75, 3.05) is 26.2 Å². The summed E-state index contributed by atoms with van der Waals surface area (Å²) in [6.45, 7) is 4.56. The maximum Gasteiger partial charge on any atom is 0.227 e. The zero-order valence-electron chi connectivity index (χ0n) is 12.3. The van der Waals surface area contributed by atoms with Crippen molar-refractivity contribution in [1.82, 2.24) is 20.4 Å². The first-order valence-electron chi connectivity index (χ1n) is 8.13. The first kappa shape index (κ1) is 14.0. The number of rotatable bonds is 4. The molecule has 3 rings (SSSR count). The van der Waals surface area contributed by atoms with E-state index in [1.165, 1.54) is 57.9 Å². The van der Waals surface area contributed by atoms with Gasteiger partial charge in [-0.3, -0.25) is 0 Å². The molecule has 2 heterocycles. The average Bonchev–Trinajstić information content (AvgIpc) is 2.90. The molecule has 1 saturated carbocycles. The lowest BCUT2D eigenvalue weighted by atomic mass is 9.83. The molecule has 2 fully saturated rings. The van der Waals surface area contributed by atoms with Gasteiger partial charge in [-0.1, -0.05) is 24.4 Å². The fourth-order valence-electron chi connectivity index (χ4n) is 3.64. The van der Waals surface area contributed by atoms with E-state index in [-0.39, 0.29) is 0 Å². The van der Waals surface area contributed by atoms with Gasteiger partial charge in [-0.05, 0) is 38.3 Å². The van der Waals surface area contributed by atoms with Crippen LogP contribution in [0.5, 0.6) is 0 Å². The van der Waals surface area contributed by atoms with E-state index in [0.717, 1.165) is 31.3 Å². The molecule has 1 aliphatic carbocycles. The number of hydrogen-bond donors (Lipinski definition) is 1. The van der Waals surface area contributed by atoms with Crippen LogP contribution >= 0.6 is 0 Å². The SMILES string of the molecule is c1noc(CCN2CCCNC(C3CCCCC3)C2)n1. The van der Waals surface area contributed by atoms with Crippen LogP contribution in [0, 0.1) is 5.92 Å². The molecule has 0 bridgehead atoms. The van der Waals surface area contributed by atoms with Crippen LogP contribution in [-0.4, -0.2) is 47.3 Å². The van der Waals surface area contributed by atoms with Crippen molar-refractivity contribution in [2.45, 2.75) is 51.0 Å². The van der Waals surface area contributed by atoms with Gasteiger partial charge in [-0.15, -0.1) is 0 Å². The quantitative estimate of drug-likeness (QED) is 0.911. The Bertz CT molecular complexity index is 375. The second-order valence-corrected chi connectivity index (χ2v) is 6.20. The zero-order chi connectivity index (χ0) is 13.6. The summed E-state index contributed by atoms with van der Waals surface area (Å²) < 4.78 is 5.10. The van der Waals surface area contributed by atoms with E-state index >= 15 is 0 Å². The predicted octanol–water partition coefficient (Wildman–Crippen LogP) is 1.86. The number of nitrogens with one attached hydrogen (secondary N) is 1. The molecule has 1 unspecified atom stereocenters. The van der Waals surface area contributed by atoms with Gasteiger partial charge < -0.3 is 14.7 Å². The lowest BCUT2D eigenvalue weighted by Gasteiger charge is -2.32. The van der Waals surface area contributed by atoms with E-state index in [0.29, 0.717) is 6.04 Å². The van der Waals surface area contributed by atoms with Crippen molar-refractivity contribution in [3.8, 4) is 0 Å². The third kappa shape index (κ3) is 3.79. The highest BCUT2D eigenvalue weighted by Crippen LogP contribution is 2.27. The average molecular weight is 278 g/mol. The van der Waals surface area contributed by atoms with Crippen molar-refractivity contribution < 1.29 is 4.52 Å². The van der Waals surface area contributed by atoms with E-state index in [1.807, 2.05) is 0 Å². The van der Waals surface area contributed by atoms with Gasteiger partial charge in [0.05, 0.1) is 0 Å². The minimum absolute atomic E-state index is 0.681. The maximum atomic E-state index is 5.10. The molecule has 5 heteroatoms. The van der Waals surface area contributed by atoms with Gasteiger partial charge in [0.25, 0.3) is 0 Å². The summed E-state index contributed by atoms with van der Waals surface area (Å²) >= 11 is 0. The Morgan fingerprint density at radius 1 is 1.25 bits per heavy atom. The molecule has 0 spiro atoms. The molecule has 0 aromatic carbocycles. The summed E-state index contributed by atoms with van der Waals surface area (Å²) in [5.41, 5.74) is 0. The first-order chi connectivity index (χ1) is 9.92. The first-order valence-corrected chi connectivity index (χ1v) is 8.13. The molecule has 1 N–H and O–H groups in total. The maximum absolute atomic E-state index is 5.10. The normalized spacial score (nSPS) is 26.5. The van der Waals surface area contributed by atoms with E-state index in [2.05, 4.69) is 20.4 Å². The number of hydrogen-bond acceptors (Lipinski definition) is 5. The van der Waals surface area contributed by atoms with Crippen LogP contribution in [-0.2, 0) is 6.42 Å². The lowest BCUT2D eigenvalue weighted by Crippen LogP contribution is -2.44. The molecular formula is C15H26N4O. The van der Waals surface area contributed by atoms with Crippen molar-refractivity contribution >= 4 is 0 Å². The summed E-state index contributed by atoms with van der Waals surface area (Å²) in [6, 6.07) is 0.681. The van der Waals surface area contributed by atoms with Gasteiger partial charge in [0.15, 0.2) is 6.33 Å². The van der Waals surface area contributed by atoms with Gasteiger partial charge in [0, 0.05) is 25.6 Å². The molecule has 1 aliphatic heterocycles. The highest BCUT2D eigenvalue weighted by atomic mass is 16.5. The summed E-state index contributed by atoms with van der Waals surface area (Å²) in [6.07, 6.45) is 10.7. The standard InChI is InChI=1S/C15H26N4O/c1-2-5-13(6-3-1)14-11-19(9-4-8-16-14)10-7-15-17-12-18-20-15/h12-14,16H,1-11H2. The van der Waals surface area contributed by atoms with Crippen LogP contribution in [0.15, 0.2) is 10.9 Å². The Morgan fingerprint density at radius 2 is 2.15 bits per heavy atom. The smallest absolute Gasteiger partial charge is 0.227 e. The van der Waals surface area contributed by atoms with E-state index in [1.54, 1.807) is 0 Å². The summed E-state index contributed by atoms with van der Waals surface area (Å²) in [4.78, 5) is 6.69. The van der Waals surface area contributed by atoms with Crippen LogP contribution < -0.4 is 5.32 Å². The van der Waals surface area contributed by atoms with Crippen molar-refractivity contribution in [3.63, 3.8) is 0 Å². The van der Waals surface area contributed by atoms with Gasteiger partial charge >= 0.3 is 0 Å². The second kappa shape index (κ2) is 7.18. The highest BCUT2D eigenvalue weighted by molar-refractivity contribution is 4.86. The van der Waals surface area contributed by atoms with Crippen molar-refractivity contribution in [3.05, 3.63) is 12.2 Å². The van der Waals surface area contributed by atoms with Gasteiger partial charge in [-0.2, -0.15) is 4.98 Å². The Labute approximate surface area is 121 Å². The molecule has 20 heavy (non-hydrogen) atoms. The summed E-state index contributed by atoms with van der Waals surface area (Å²) in [7, 11) is 0. The number of aromatic nitrogens is 2. The molecule has 1 aromatic rings. The monoisotopic (exact) mass is 278 g/mol. The van der Waals surface area contributed by atoms with Crippen molar-refractivity contribution in [2.24, 2.45) is 5.92 Å². The third-order valence-electron chi connectivity index (χ3n) is 4.78. The Hall–Kier alpha value is -0.940. The van der Waals surface area contributed by atoms with Crippen LogP contribution in [0.1, 0.15) is 44.4 Å². The van der Waals surface area contributed by atoms with Gasteiger partial charge in [0.2, 0.25) is 5.89 Å². The van der Waals surface area contributed by atoms with Gasteiger partial charge in [-0.25, -0.2) is 0 Å². The Kier molecular flexibility index (Phi) is 5.03. The lowest BCUT2D eigenvalue weighted by molar-refractivity contribution is 0.203. The fraction of sp³-hybridized carbons (Fsp3) is 0.867. The Balaban J connectivity index is 1.51. The molecule has 5 nitrogen and oxygen atoms in total. The molecule has 112 valence electrons. The van der Waals surface area contributed by atoms with Crippen LogP contribution in [0.3, 0.4) is 0 Å². The van der Waals surface area contributed by atoms with Gasteiger partial charge in [0.1, 0.15) is 0 Å². The summed E-state index contributed by atoms with van der Waals surface area (Å²) in [5, 5.41) is 7.46. The molecule has 2 aliphatic rings. The topological polar surface area (TPSA) is 54.2 Å². The number of nitrogens with zero attached hydrogens (tertiary/aromatic N) is 3. The predicted molar refractivity (Wildman–Crippen MR) is 77.4 cm³/mol. The zero-order valence-corrected chi connectivity index (χ0v) is 12.3. The minimum atomic E-state index is 0.681. The molecule has 1 aromatic heterocycles. The van der Waals surface area contributed by atoms with Crippen molar-refractivity contribution in [1.29, 1.82) is 0 Å². The largest absolute Gasteiger partial charge is 0.340 e. The fourth-order valence-corrected chi connectivity index (χ4v) is 3.64. The molecule has 1 saturated heterocycles. The Morgan fingerprint density at radius 3 is 2.95 bits per heavy atom. The van der Waals surface area contributed by atoms with E-state index in [9.17, 15) is 0 Å². The van der Waals surface area contributed by atoms with E-state index in [4.69, 9.17) is 4.52 Å². The third-order valence-corrected chi connectivity index (χ3v) is 4.78. The summed E-state index contributed by atoms with van der Waals surface area (Å²) in [5.74, 6) is 1.64. The van der Waals surface area contributed by atoms with E-state index < -0.39 is 0 Å². The molecular weight excluding hydrogens is 252 g/mol. The van der Waals surface area contributed by atoms with Crippen LogP contribution in [0.25, 0.3) is 0 Å². The van der Waals surface area contributed by atoms with Crippen LogP contribution in [0.2, 0.25) is 0 Å². The minimum Gasteiger partial charge on any atom is -0.340 e. The molecule has 0 radical (unpaired) electrons. The molecule has 0 amide bonds.